The second kappa shape index (κ2) is 9.76. The molecule has 5 fully saturated rings. The molecule has 0 amide bonds. The van der Waals surface area contributed by atoms with E-state index in [2.05, 4.69) is 89.2 Å². The molecule has 14 unspecified atom stereocenters. The summed E-state index contributed by atoms with van der Waals surface area (Å²) < 4.78 is 0. The van der Waals surface area contributed by atoms with E-state index in [1.54, 1.807) is 0 Å². The Kier molecular flexibility index (Phi) is 7.22. The molecular weight excluding hydrogens is 524 g/mol. The molecule has 38 heavy (non-hydrogen) atoms. The van der Waals surface area contributed by atoms with Crippen LogP contribution in [0.4, 0.5) is 0 Å². The van der Waals surface area contributed by atoms with Crippen molar-refractivity contribution in [3.05, 3.63) is 24.8 Å². The van der Waals surface area contributed by atoms with Gasteiger partial charge in [-0.25, -0.2) is 0 Å². The van der Waals surface area contributed by atoms with Crippen LogP contribution < -0.4 is 0 Å². The van der Waals surface area contributed by atoms with Crippen molar-refractivity contribution in [1.82, 2.24) is 0 Å². The average molecular weight is 584 g/mol. The van der Waals surface area contributed by atoms with Crippen LogP contribution in [0.15, 0.2) is 24.8 Å². The number of fused-ring (bicyclic) bond motifs is 1. The van der Waals surface area contributed by atoms with Gasteiger partial charge in [-0.2, -0.15) is 0 Å². The van der Waals surface area contributed by atoms with Gasteiger partial charge in [0, 0.05) is 4.83 Å². The summed E-state index contributed by atoms with van der Waals surface area (Å²) in [5.74, 6) is 10.6. The third kappa shape index (κ3) is 4.31. The van der Waals surface area contributed by atoms with Gasteiger partial charge >= 0.3 is 0 Å². The molecule has 0 spiro atoms. The summed E-state index contributed by atoms with van der Waals surface area (Å²) in [6, 6.07) is 0. The Morgan fingerprint density at radius 1 is 0.974 bits per heavy atom. The molecule has 5 saturated carbocycles. The Balaban J connectivity index is 1.19. The van der Waals surface area contributed by atoms with Crippen LogP contribution in [0.1, 0.15) is 113 Å². The molecule has 0 bridgehead atoms. The second-order valence-electron chi connectivity index (χ2n) is 17.5. The van der Waals surface area contributed by atoms with E-state index >= 15 is 0 Å². The van der Waals surface area contributed by atoms with Gasteiger partial charge in [0.05, 0.1) is 0 Å². The largest absolute Gasteiger partial charge is 0.103 e. The van der Waals surface area contributed by atoms with Crippen LogP contribution in [0.2, 0.25) is 0 Å². The Morgan fingerprint density at radius 2 is 1.71 bits per heavy atom. The first-order valence-corrected chi connectivity index (χ1v) is 17.7. The van der Waals surface area contributed by atoms with Gasteiger partial charge in [0.2, 0.25) is 0 Å². The minimum Gasteiger partial charge on any atom is -0.103 e. The van der Waals surface area contributed by atoms with Crippen LogP contribution in [0.25, 0.3) is 0 Å². The molecule has 0 radical (unpaired) electrons. The number of rotatable bonds is 4. The number of hydrogen-bond acceptors (Lipinski definition) is 0. The number of alkyl halides is 1. The normalized spacial score (nSPS) is 52.1. The highest BCUT2D eigenvalue weighted by molar-refractivity contribution is 9.09. The smallest absolute Gasteiger partial charge is 0.0202 e. The van der Waals surface area contributed by atoms with Crippen LogP contribution in [0.5, 0.6) is 0 Å². The van der Waals surface area contributed by atoms with E-state index in [-0.39, 0.29) is 0 Å². The molecule has 0 aromatic carbocycles. The first-order chi connectivity index (χ1) is 17.9. The first-order valence-electron chi connectivity index (χ1n) is 16.8. The van der Waals surface area contributed by atoms with E-state index in [9.17, 15) is 0 Å². The van der Waals surface area contributed by atoms with E-state index in [1.165, 1.54) is 64.2 Å². The summed E-state index contributed by atoms with van der Waals surface area (Å²) in [5.41, 5.74) is 1.42. The summed E-state index contributed by atoms with van der Waals surface area (Å²) in [5, 5.41) is 0. The van der Waals surface area contributed by atoms with Crippen molar-refractivity contribution in [3.8, 4) is 0 Å². The molecule has 1 heteroatoms. The van der Waals surface area contributed by atoms with Gasteiger partial charge in [0.25, 0.3) is 0 Å². The maximum absolute atomic E-state index is 4.46. The Hall–Kier alpha value is -0.0400. The molecule has 0 aliphatic heterocycles. The zero-order chi connectivity index (χ0) is 27.2. The lowest BCUT2D eigenvalue weighted by Crippen LogP contribution is -2.56. The lowest BCUT2D eigenvalue weighted by molar-refractivity contribution is -0.0915. The topological polar surface area (TPSA) is 0 Å². The van der Waals surface area contributed by atoms with Gasteiger partial charge < -0.3 is 0 Å². The van der Waals surface area contributed by atoms with Crippen molar-refractivity contribution >= 4 is 15.9 Å². The molecule has 0 heterocycles. The molecule has 6 aliphatic rings. The summed E-state index contributed by atoms with van der Waals surface area (Å²) in [7, 11) is 0. The highest BCUT2D eigenvalue weighted by Gasteiger charge is 2.60. The predicted octanol–water partition coefficient (Wildman–Crippen LogP) is 11.0. The maximum Gasteiger partial charge on any atom is 0.0202 e. The fourth-order valence-electron chi connectivity index (χ4n) is 12.4. The van der Waals surface area contributed by atoms with Crippen LogP contribution in [0.3, 0.4) is 0 Å². The standard InChI is InChI=1S/C37H59Br/c1-9-28-29-14-13-27(35(3,4)5)21-31(29)36(6,7)30(28)18-22(2)26-19-24-11-10-23-12-15-32(38)37(8)17-16-25(20-26)33(24)34(23)37/h9-11,22-34H,1,12-21H2,2-8H3. The quantitative estimate of drug-likeness (QED) is 0.228. The average Bonchev–Trinajstić information content (AvgIpc) is 3.09. The van der Waals surface area contributed by atoms with Crippen molar-refractivity contribution in [2.45, 2.75) is 118 Å². The van der Waals surface area contributed by atoms with E-state index < -0.39 is 0 Å². The minimum atomic E-state index is 0.441. The number of hydrogen-bond donors (Lipinski definition) is 0. The van der Waals surface area contributed by atoms with Crippen molar-refractivity contribution in [1.29, 1.82) is 0 Å². The van der Waals surface area contributed by atoms with Crippen molar-refractivity contribution in [2.75, 3.05) is 0 Å². The van der Waals surface area contributed by atoms with Gasteiger partial charge in [0.1, 0.15) is 0 Å². The molecule has 6 aliphatic carbocycles. The van der Waals surface area contributed by atoms with E-state index in [0.717, 1.165) is 75.8 Å². The van der Waals surface area contributed by atoms with Gasteiger partial charge in [-0.3, -0.25) is 0 Å². The molecule has 6 rings (SSSR count). The molecule has 0 nitrogen and oxygen atoms in total. The zero-order valence-corrected chi connectivity index (χ0v) is 27.5. The van der Waals surface area contributed by atoms with Crippen LogP contribution in [-0.2, 0) is 0 Å². The fraction of sp³-hybridized carbons (Fsp3) is 0.892. The van der Waals surface area contributed by atoms with Crippen LogP contribution >= 0.6 is 15.9 Å². The van der Waals surface area contributed by atoms with Gasteiger partial charge in [-0.05, 0) is 151 Å². The molecule has 14 atom stereocenters. The fourth-order valence-corrected chi connectivity index (χ4v) is 13.2. The highest BCUT2D eigenvalue weighted by Crippen LogP contribution is 2.67. The number of halogens is 1. The van der Waals surface area contributed by atoms with Gasteiger partial charge in [-0.1, -0.05) is 82.6 Å². The molecule has 0 aromatic heterocycles. The molecule has 0 saturated heterocycles. The highest BCUT2D eigenvalue weighted by atomic mass is 79.9. The summed E-state index contributed by atoms with van der Waals surface area (Å²) >= 11 is 4.19. The van der Waals surface area contributed by atoms with E-state index in [0.29, 0.717) is 16.2 Å². The Bertz CT molecular complexity index is 921. The van der Waals surface area contributed by atoms with Crippen molar-refractivity contribution < 1.29 is 0 Å². The Morgan fingerprint density at radius 3 is 2.42 bits per heavy atom. The molecule has 0 aromatic rings. The SMILES string of the molecule is C=CC1C2CCC(C(C)(C)C)CC2C(C)(C)C1CC(C)C1CC2C=CC3CCC(Br)C4(C)CCC(C1)C2C34. The Labute approximate surface area is 244 Å². The molecule has 214 valence electrons. The van der Waals surface area contributed by atoms with E-state index in [4.69, 9.17) is 0 Å². The van der Waals surface area contributed by atoms with Crippen LogP contribution in [-0.4, -0.2) is 4.83 Å². The van der Waals surface area contributed by atoms with Gasteiger partial charge in [0.15, 0.2) is 0 Å². The van der Waals surface area contributed by atoms with E-state index in [1.807, 2.05) is 0 Å². The lowest BCUT2D eigenvalue weighted by Gasteiger charge is -2.62. The van der Waals surface area contributed by atoms with Crippen molar-refractivity contribution in [2.24, 2.45) is 87.3 Å². The third-order valence-electron chi connectivity index (χ3n) is 14.7. The summed E-state index contributed by atoms with van der Waals surface area (Å²) in [4.78, 5) is 0.739. The van der Waals surface area contributed by atoms with Gasteiger partial charge in [-0.15, -0.1) is 6.58 Å². The third-order valence-corrected chi connectivity index (χ3v) is 16.2. The molecular formula is C37H59Br. The lowest BCUT2D eigenvalue weighted by atomic mass is 9.44. The molecule has 0 N–H and O–H groups in total. The second-order valence-corrected chi connectivity index (χ2v) is 18.6. The summed E-state index contributed by atoms with van der Waals surface area (Å²) in [6.07, 6.45) is 22.4. The predicted molar refractivity (Wildman–Crippen MR) is 167 cm³/mol. The number of allylic oxidation sites excluding steroid dienone is 3. The summed E-state index contributed by atoms with van der Waals surface area (Å²) in [6.45, 7) is 22.6. The zero-order valence-electron chi connectivity index (χ0n) is 25.9. The van der Waals surface area contributed by atoms with Crippen LogP contribution in [0, 0.1) is 87.3 Å². The maximum atomic E-state index is 4.46. The first kappa shape index (κ1) is 28.1. The van der Waals surface area contributed by atoms with Crippen molar-refractivity contribution in [3.63, 3.8) is 0 Å². The monoisotopic (exact) mass is 582 g/mol. The minimum absolute atomic E-state index is 0.441.